The van der Waals surface area contributed by atoms with E-state index in [-0.39, 0.29) is 30.1 Å². The molecule has 2 aromatic rings. The van der Waals surface area contributed by atoms with Crippen LogP contribution in [0.25, 0.3) is 0 Å². The molecule has 3 heteroatoms. The van der Waals surface area contributed by atoms with Gasteiger partial charge in [-0.3, -0.25) is 9.69 Å². The van der Waals surface area contributed by atoms with Gasteiger partial charge in [-0.1, -0.05) is 67.6 Å². The van der Waals surface area contributed by atoms with E-state index in [9.17, 15) is 4.79 Å². The van der Waals surface area contributed by atoms with Gasteiger partial charge in [-0.05, 0) is 25.0 Å². The number of carbonyl (C=O) groups excluding carboxylic acids is 1. The molecule has 0 bridgehead atoms. The number of esters is 1. The zero-order valence-electron chi connectivity index (χ0n) is 14.6. The maximum atomic E-state index is 12.1. The zero-order chi connectivity index (χ0) is 17.1. The third-order valence-corrected chi connectivity index (χ3v) is 5.04. The molecule has 0 amide bonds. The maximum Gasteiger partial charge on any atom is 0.310 e. The Morgan fingerprint density at radius 2 is 1.58 bits per heavy atom. The molecule has 126 valence electrons. The van der Waals surface area contributed by atoms with Gasteiger partial charge in [0.25, 0.3) is 0 Å². The van der Waals surface area contributed by atoms with Gasteiger partial charge in [0.2, 0.25) is 0 Å². The summed E-state index contributed by atoms with van der Waals surface area (Å²) in [5.74, 6) is -0.208. The van der Waals surface area contributed by atoms with Gasteiger partial charge in [0.05, 0.1) is 12.0 Å². The SMILES string of the molecule is C[C@@H]1OC(=O)[C@@H](C)[C@@H]1N(Cc1ccccc1)[C@@H](C)c1ccccc1. The van der Waals surface area contributed by atoms with Crippen LogP contribution in [0.2, 0.25) is 0 Å². The van der Waals surface area contributed by atoms with Gasteiger partial charge in [-0.15, -0.1) is 0 Å². The van der Waals surface area contributed by atoms with E-state index in [0.29, 0.717) is 0 Å². The molecule has 0 saturated carbocycles. The molecular weight excluding hydrogens is 298 g/mol. The van der Waals surface area contributed by atoms with E-state index in [1.807, 2.05) is 26.0 Å². The van der Waals surface area contributed by atoms with Crippen molar-refractivity contribution in [3.05, 3.63) is 71.8 Å². The summed E-state index contributed by atoms with van der Waals surface area (Å²) in [4.78, 5) is 14.5. The highest BCUT2D eigenvalue weighted by atomic mass is 16.6. The average molecular weight is 323 g/mol. The number of ether oxygens (including phenoxy) is 1. The molecule has 1 aliphatic heterocycles. The molecule has 0 spiro atoms. The lowest BCUT2D eigenvalue weighted by atomic mass is 9.94. The van der Waals surface area contributed by atoms with Crippen LogP contribution in [-0.2, 0) is 16.1 Å². The number of benzene rings is 2. The highest BCUT2D eigenvalue weighted by Crippen LogP contribution is 2.34. The van der Waals surface area contributed by atoms with E-state index in [1.165, 1.54) is 11.1 Å². The van der Waals surface area contributed by atoms with Crippen LogP contribution in [0.3, 0.4) is 0 Å². The van der Waals surface area contributed by atoms with Gasteiger partial charge in [0.1, 0.15) is 6.10 Å². The Kier molecular flexibility index (Phi) is 5.00. The summed E-state index contributed by atoms with van der Waals surface area (Å²) in [6.45, 7) is 6.99. The van der Waals surface area contributed by atoms with Crippen LogP contribution in [0, 0.1) is 5.92 Å². The Morgan fingerprint density at radius 1 is 1.00 bits per heavy atom. The minimum absolute atomic E-state index is 0.0768. The summed E-state index contributed by atoms with van der Waals surface area (Å²) in [6, 6.07) is 21.2. The van der Waals surface area contributed by atoms with Crippen LogP contribution in [0.1, 0.15) is 37.9 Å². The number of rotatable bonds is 5. The summed E-state index contributed by atoms with van der Waals surface area (Å²) in [7, 11) is 0. The van der Waals surface area contributed by atoms with Crippen molar-refractivity contribution >= 4 is 5.97 Å². The first-order chi connectivity index (χ1) is 11.6. The van der Waals surface area contributed by atoms with Crippen LogP contribution in [-0.4, -0.2) is 23.0 Å². The van der Waals surface area contributed by atoms with Crippen LogP contribution >= 0.6 is 0 Å². The molecule has 4 atom stereocenters. The first kappa shape index (κ1) is 16.7. The lowest BCUT2D eigenvalue weighted by Crippen LogP contribution is -2.44. The lowest BCUT2D eigenvalue weighted by Gasteiger charge is -2.37. The van der Waals surface area contributed by atoms with E-state index in [4.69, 9.17) is 4.74 Å². The normalized spacial score (nSPS) is 24.8. The van der Waals surface area contributed by atoms with E-state index in [2.05, 4.69) is 60.4 Å². The number of cyclic esters (lactones) is 1. The van der Waals surface area contributed by atoms with Gasteiger partial charge in [-0.25, -0.2) is 0 Å². The fourth-order valence-electron chi connectivity index (χ4n) is 3.68. The molecule has 24 heavy (non-hydrogen) atoms. The average Bonchev–Trinajstić information content (AvgIpc) is 2.86. The molecule has 0 aromatic heterocycles. The van der Waals surface area contributed by atoms with Crippen molar-refractivity contribution in [3.63, 3.8) is 0 Å². The van der Waals surface area contributed by atoms with Crippen LogP contribution in [0.15, 0.2) is 60.7 Å². The highest BCUT2D eigenvalue weighted by Gasteiger charge is 2.44. The molecule has 1 heterocycles. The lowest BCUT2D eigenvalue weighted by molar-refractivity contribution is -0.143. The molecule has 1 fully saturated rings. The van der Waals surface area contributed by atoms with E-state index >= 15 is 0 Å². The number of nitrogens with zero attached hydrogens (tertiary/aromatic N) is 1. The monoisotopic (exact) mass is 323 g/mol. The van der Waals surface area contributed by atoms with Crippen molar-refractivity contribution < 1.29 is 9.53 Å². The molecule has 0 radical (unpaired) electrons. The molecule has 0 aliphatic carbocycles. The smallest absolute Gasteiger partial charge is 0.310 e. The predicted octanol–water partition coefficient (Wildman–Crippen LogP) is 4.20. The summed E-state index contributed by atoms with van der Waals surface area (Å²) in [5.41, 5.74) is 2.51. The Labute approximate surface area is 144 Å². The number of carbonyl (C=O) groups is 1. The topological polar surface area (TPSA) is 29.5 Å². The second-order valence-electron chi connectivity index (χ2n) is 6.67. The molecule has 2 aromatic carbocycles. The Balaban J connectivity index is 1.93. The van der Waals surface area contributed by atoms with E-state index in [1.54, 1.807) is 0 Å². The van der Waals surface area contributed by atoms with Gasteiger partial charge >= 0.3 is 5.97 Å². The van der Waals surface area contributed by atoms with Gasteiger partial charge < -0.3 is 4.74 Å². The van der Waals surface area contributed by atoms with E-state index < -0.39 is 0 Å². The summed E-state index contributed by atoms with van der Waals surface area (Å²) >= 11 is 0. The second-order valence-corrected chi connectivity index (χ2v) is 6.67. The molecule has 3 nitrogen and oxygen atoms in total. The predicted molar refractivity (Wildman–Crippen MR) is 95.3 cm³/mol. The number of hydrogen-bond donors (Lipinski definition) is 0. The van der Waals surface area contributed by atoms with Crippen LogP contribution in [0.5, 0.6) is 0 Å². The quantitative estimate of drug-likeness (QED) is 0.772. The molecule has 0 unspecified atom stereocenters. The van der Waals surface area contributed by atoms with E-state index in [0.717, 1.165) is 6.54 Å². The summed E-state index contributed by atoms with van der Waals surface area (Å²) in [6.07, 6.45) is -0.0950. The van der Waals surface area contributed by atoms with Gasteiger partial charge in [-0.2, -0.15) is 0 Å². The van der Waals surface area contributed by atoms with Gasteiger partial charge in [0.15, 0.2) is 0 Å². The molecule has 1 aliphatic rings. The number of hydrogen-bond acceptors (Lipinski definition) is 3. The third kappa shape index (κ3) is 3.36. The Bertz CT molecular complexity index is 671. The minimum atomic E-state index is -0.116. The van der Waals surface area contributed by atoms with Gasteiger partial charge in [0, 0.05) is 12.6 Å². The molecule has 1 saturated heterocycles. The molecule has 3 rings (SSSR count). The molecule has 0 N–H and O–H groups in total. The van der Waals surface area contributed by atoms with Crippen molar-refractivity contribution in [2.24, 2.45) is 5.92 Å². The third-order valence-electron chi connectivity index (χ3n) is 5.04. The standard InChI is InChI=1S/C21H25NO2/c1-15-20(17(3)24-21(15)23)22(14-18-10-6-4-7-11-18)16(2)19-12-8-5-9-13-19/h4-13,15-17,20H,14H2,1-3H3/t15-,16-,17-,20-/m0/s1. The largest absolute Gasteiger partial charge is 0.461 e. The van der Waals surface area contributed by atoms with Crippen LogP contribution in [0.4, 0.5) is 0 Å². The first-order valence-electron chi connectivity index (χ1n) is 8.63. The van der Waals surface area contributed by atoms with Crippen molar-refractivity contribution in [1.29, 1.82) is 0 Å². The zero-order valence-corrected chi connectivity index (χ0v) is 14.6. The second kappa shape index (κ2) is 7.18. The fraction of sp³-hybridized carbons (Fsp3) is 0.381. The Morgan fingerprint density at radius 3 is 2.12 bits per heavy atom. The van der Waals surface area contributed by atoms with Crippen molar-refractivity contribution in [2.45, 2.75) is 45.5 Å². The molecular formula is C21H25NO2. The highest BCUT2D eigenvalue weighted by molar-refractivity contribution is 5.75. The first-order valence-corrected chi connectivity index (χ1v) is 8.63. The van der Waals surface area contributed by atoms with Crippen LogP contribution < -0.4 is 0 Å². The minimum Gasteiger partial charge on any atom is -0.461 e. The van der Waals surface area contributed by atoms with Crippen molar-refractivity contribution in [3.8, 4) is 0 Å². The fourth-order valence-corrected chi connectivity index (χ4v) is 3.68. The van der Waals surface area contributed by atoms with Crippen molar-refractivity contribution in [1.82, 2.24) is 4.90 Å². The van der Waals surface area contributed by atoms with Crippen molar-refractivity contribution in [2.75, 3.05) is 0 Å². The maximum absolute atomic E-state index is 12.1. The Hall–Kier alpha value is -2.13. The summed E-state index contributed by atoms with van der Waals surface area (Å²) in [5, 5.41) is 0. The summed E-state index contributed by atoms with van der Waals surface area (Å²) < 4.78 is 5.51.